The Morgan fingerprint density at radius 1 is 1.60 bits per heavy atom. The van der Waals surface area contributed by atoms with Gasteiger partial charge in [-0.2, -0.15) is 0 Å². The molecule has 0 saturated carbocycles. The predicted octanol–water partition coefficient (Wildman–Crippen LogP) is 1.70. The summed E-state index contributed by atoms with van der Waals surface area (Å²) < 4.78 is 29.4. The van der Waals surface area contributed by atoms with E-state index in [0.717, 1.165) is 13.2 Å². The summed E-state index contributed by atoms with van der Waals surface area (Å²) in [4.78, 5) is 14.7. The Labute approximate surface area is 85.1 Å². The van der Waals surface area contributed by atoms with E-state index in [9.17, 15) is 13.6 Å². The normalized spacial score (nSPS) is 10.5. The lowest BCUT2D eigenvalue weighted by atomic mass is 10.1. The highest BCUT2D eigenvalue weighted by atomic mass is 19.3. The summed E-state index contributed by atoms with van der Waals surface area (Å²) in [7, 11) is 1.14. The average molecular weight is 216 g/mol. The van der Waals surface area contributed by atoms with Crippen LogP contribution in [0.2, 0.25) is 0 Å². The molecule has 0 aliphatic carbocycles. The van der Waals surface area contributed by atoms with Gasteiger partial charge in [-0.1, -0.05) is 0 Å². The second-order valence-electron chi connectivity index (χ2n) is 2.90. The van der Waals surface area contributed by atoms with Crippen LogP contribution < -0.4 is 5.73 Å². The first-order valence-corrected chi connectivity index (χ1v) is 4.10. The zero-order valence-electron chi connectivity index (χ0n) is 8.25. The first kappa shape index (κ1) is 11.4. The highest BCUT2D eigenvalue weighted by Gasteiger charge is 2.18. The molecule has 1 aromatic heterocycles. The molecule has 15 heavy (non-hydrogen) atoms. The van der Waals surface area contributed by atoms with Crippen molar-refractivity contribution in [3.05, 3.63) is 22.9 Å². The summed E-state index contributed by atoms with van der Waals surface area (Å²) in [5, 5.41) is 0. The van der Waals surface area contributed by atoms with Gasteiger partial charge in [-0.3, -0.25) is 0 Å². The molecule has 0 aromatic carbocycles. The van der Waals surface area contributed by atoms with E-state index < -0.39 is 12.4 Å². The van der Waals surface area contributed by atoms with Gasteiger partial charge in [-0.15, -0.1) is 0 Å². The minimum absolute atomic E-state index is 0.0896. The lowest BCUT2D eigenvalue weighted by Crippen LogP contribution is -2.09. The van der Waals surface area contributed by atoms with Crippen molar-refractivity contribution in [2.75, 3.05) is 12.8 Å². The number of hydrogen-bond donors (Lipinski definition) is 1. The van der Waals surface area contributed by atoms with Gasteiger partial charge in [0.2, 0.25) is 0 Å². The van der Waals surface area contributed by atoms with Crippen LogP contribution in [0.1, 0.15) is 28.0 Å². The van der Waals surface area contributed by atoms with Crippen LogP contribution in [-0.2, 0) is 4.74 Å². The molecule has 0 aliphatic heterocycles. The van der Waals surface area contributed by atoms with E-state index in [-0.39, 0.29) is 22.6 Å². The summed E-state index contributed by atoms with van der Waals surface area (Å²) in [5.41, 5.74) is 5.06. The highest BCUT2D eigenvalue weighted by molar-refractivity contribution is 5.88. The second kappa shape index (κ2) is 4.20. The van der Waals surface area contributed by atoms with Crippen LogP contribution in [0, 0.1) is 6.92 Å². The van der Waals surface area contributed by atoms with Crippen LogP contribution in [0.5, 0.6) is 0 Å². The van der Waals surface area contributed by atoms with Gasteiger partial charge in [0.05, 0.1) is 7.11 Å². The Morgan fingerprint density at radius 3 is 2.67 bits per heavy atom. The third kappa shape index (κ3) is 2.20. The van der Waals surface area contributed by atoms with Crippen molar-refractivity contribution in [1.29, 1.82) is 0 Å². The molecule has 1 rings (SSSR count). The van der Waals surface area contributed by atoms with E-state index in [4.69, 9.17) is 5.73 Å². The summed E-state index contributed by atoms with van der Waals surface area (Å²) in [6.07, 6.45) is -2.70. The molecule has 0 bridgehead atoms. The second-order valence-corrected chi connectivity index (χ2v) is 2.90. The Kier molecular flexibility index (Phi) is 3.18. The molecule has 1 heterocycles. The topological polar surface area (TPSA) is 65.2 Å². The number of esters is 1. The standard InChI is InChI=1S/C9H10F2N2O2/c1-4-5(7(10)11)3-6(9(14)15-2)13-8(4)12/h3,7H,1-2H3,(H2,12,13). The highest BCUT2D eigenvalue weighted by Crippen LogP contribution is 2.26. The number of nitrogen functional groups attached to an aromatic ring is 1. The number of nitrogens with zero attached hydrogens (tertiary/aromatic N) is 1. The van der Waals surface area contributed by atoms with Crippen LogP contribution in [-0.4, -0.2) is 18.1 Å². The van der Waals surface area contributed by atoms with E-state index in [2.05, 4.69) is 9.72 Å². The van der Waals surface area contributed by atoms with Crippen LogP contribution >= 0.6 is 0 Å². The molecule has 4 nitrogen and oxygen atoms in total. The fourth-order valence-electron chi connectivity index (χ4n) is 1.09. The van der Waals surface area contributed by atoms with Gasteiger partial charge in [-0.25, -0.2) is 18.6 Å². The zero-order valence-corrected chi connectivity index (χ0v) is 8.25. The fraction of sp³-hybridized carbons (Fsp3) is 0.333. The molecule has 82 valence electrons. The number of ether oxygens (including phenoxy) is 1. The van der Waals surface area contributed by atoms with Crippen molar-refractivity contribution in [3.8, 4) is 0 Å². The van der Waals surface area contributed by atoms with E-state index in [1.807, 2.05) is 0 Å². The maximum atomic E-state index is 12.5. The van der Waals surface area contributed by atoms with Crippen molar-refractivity contribution < 1.29 is 18.3 Å². The largest absolute Gasteiger partial charge is 0.464 e. The Balaban J connectivity index is 3.29. The van der Waals surface area contributed by atoms with E-state index in [0.29, 0.717) is 0 Å². The molecule has 0 unspecified atom stereocenters. The number of hydrogen-bond acceptors (Lipinski definition) is 4. The number of pyridine rings is 1. The van der Waals surface area contributed by atoms with E-state index >= 15 is 0 Å². The lowest BCUT2D eigenvalue weighted by Gasteiger charge is -2.08. The molecular weight excluding hydrogens is 206 g/mol. The van der Waals surface area contributed by atoms with Gasteiger partial charge < -0.3 is 10.5 Å². The van der Waals surface area contributed by atoms with Crippen molar-refractivity contribution >= 4 is 11.8 Å². The molecule has 0 amide bonds. The Bertz CT molecular complexity index is 394. The number of halogens is 2. The molecule has 2 N–H and O–H groups in total. The molecule has 6 heteroatoms. The molecule has 0 fully saturated rings. The van der Waals surface area contributed by atoms with Crippen LogP contribution in [0.25, 0.3) is 0 Å². The summed E-state index contributed by atoms with van der Waals surface area (Å²) >= 11 is 0. The maximum Gasteiger partial charge on any atom is 0.356 e. The number of nitrogens with two attached hydrogens (primary N) is 1. The lowest BCUT2D eigenvalue weighted by molar-refractivity contribution is 0.0593. The number of carbonyl (C=O) groups is 1. The van der Waals surface area contributed by atoms with Gasteiger partial charge >= 0.3 is 5.97 Å². The quantitative estimate of drug-likeness (QED) is 0.764. The number of alkyl halides is 2. The van der Waals surface area contributed by atoms with E-state index in [1.54, 1.807) is 0 Å². The van der Waals surface area contributed by atoms with Crippen molar-refractivity contribution in [3.63, 3.8) is 0 Å². The van der Waals surface area contributed by atoms with Crippen molar-refractivity contribution in [2.24, 2.45) is 0 Å². The number of rotatable bonds is 2. The van der Waals surface area contributed by atoms with Crippen LogP contribution in [0.4, 0.5) is 14.6 Å². The summed E-state index contributed by atoms with van der Waals surface area (Å²) in [6, 6.07) is 0.988. The molecule has 1 aromatic rings. The number of carbonyl (C=O) groups excluding carboxylic acids is 1. The van der Waals surface area contributed by atoms with Gasteiger partial charge in [0.1, 0.15) is 5.82 Å². The predicted molar refractivity (Wildman–Crippen MR) is 49.7 cm³/mol. The Morgan fingerprint density at radius 2 is 2.20 bits per heavy atom. The van der Waals surface area contributed by atoms with Crippen molar-refractivity contribution in [1.82, 2.24) is 4.98 Å². The number of aromatic nitrogens is 1. The van der Waals surface area contributed by atoms with Gasteiger partial charge in [0, 0.05) is 11.1 Å². The fourth-order valence-corrected chi connectivity index (χ4v) is 1.09. The minimum Gasteiger partial charge on any atom is -0.464 e. The first-order valence-electron chi connectivity index (χ1n) is 4.10. The number of anilines is 1. The molecule has 0 radical (unpaired) electrons. The van der Waals surface area contributed by atoms with Gasteiger partial charge in [-0.05, 0) is 13.0 Å². The SMILES string of the molecule is COC(=O)c1cc(C(F)F)c(C)c(N)n1. The molecule has 0 spiro atoms. The van der Waals surface area contributed by atoms with Crippen LogP contribution in [0.3, 0.4) is 0 Å². The van der Waals surface area contributed by atoms with Crippen LogP contribution in [0.15, 0.2) is 6.07 Å². The first-order chi connectivity index (χ1) is 6.97. The maximum absolute atomic E-state index is 12.5. The third-order valence-corrected chi connectivity index (χ3v) is 1.98. The number of methoxy groups -OCH3 is 1. The summed E-state index contributed by atoms with van der Waals surface area (Å²) in [5.74, 6) is -0.878. The molecule has 0 saturated heterocycles. The summed E-state index contributed by atoms with van der Waals surface area (Å²) in [6.45, 7) is 1.42. The molecule has 0 aliphatic rings. The molecular formula is C9H10F2N2O2. The van der Waals surface area contributed by atoms with Crippen molar-refractivity contribution in [2.45, 2.75) is 13.3 Å². The smallest absolute Gasteiger partial charge is 0.356 e. The monoisotopic (exact) mass is 216 g/mol. The van der Waals surface area contributed by atoms with E-state index in [1.165, 1.54) is 6.92 Å². The Hall–Kier alpha value is -1.72. The average Bonchev–Trinajstić information content (AvgIpc) is 2.20. The van der Waals surface area contributed by atoms with Gasteiger partial charge in [0.15, 0.2) is 5.69 Å². The third-order valence-electron chi connectivity index (χ3n) is 1.98. The van der Waals surface area contributed by atoms with Gasteiger partial charge in [0.25, 0.3) is 6.43 Å². The minimum atomic E-state index is -2.70. The molecule has 0 atom stereocenters. The zero-order chi connectivity index (χ0) is 11.6.